The number of aliphatic hydroxyl groups excluding tert-OH is 1. The average molecular weight is 220 g/mol. The van der Waals surface area contributed by atoms with E-state index in [4.69, 9.17) is 0 Å². The summed E-state index contributed by atoms with van der Waals surface area (Å²) in [5, 5.41) is 9.46. The molecule has 0 saturated heterocycles. The van der Waals surface area contributed by atoms with Gasteiger partial charge >= 0.3 is 5.97 Å². The molecule has 0 saturated carbocycles. The van der Waals surface area contributed by atoms with Gasteiger partial charge in [0.2, 0.25) is 0 Å². The van der Waals surface area contributed by atoms with Crippen molar-refractivity contribution in [3.8, 4) is 0 Å². The molecule has 0 radical (unpaired) electrons. The number of alkyl halides is 2. The van der Waals surface area contributed by atoms with Crippen LogP contribution in [-0.2, 0) is 9.53 Å². The molecule has 1 atom stereocenters. The van der Waals surface area contributed by atoms with Crippen LogP contribution in [-0.4, -0.2) is 29.7 Å². The van der Waals surface area contributed by atoms with Gasteiger partial charge in [0.15, 0.2) is 6.10 Å². The van der Waals surface area contributed by atoms with Crippen LogP contribution in [0.5, 0.6) is 0 Å². The van der Waals surface area contributed by atoms with Crippen molar-refractivity contribution in [3.63, 3.8) is 0 Å². The Labute approximate surface area is 86.7 Å². The predicted molar refractivity (Wildman–Crippen MR) is 49.5 cm³/mol. The summed E-state index contributed by atoms with van der Waals surface area (Å²) in [4.78, 5) is 11.1. The summed E-state index contributed by atoms with van der Waals surface area (Å²) in [7, 11) is 0. The molecule has 0 aromatic carbocycles. The highest BCUT2D eigenvalue weighted by molar-refractivity contribution is 5.78. The summed E-state index contributed by atoms with van der Waals surface area (Å²) in [6, 6.07) is 0. The number of halogens is 2. The van der Waals surface area contributed by atoms with Gasteiger partial charge in [-0.2, -0.15) is 0 Å². The Morgan fingerprint density at radius 2 is 2.40 bits per heavy atom. The van der Waals surface area contributed by atoms with Crippen molar-refractivity contribution in [1.29, 1.82) is 0 Å². The third-order valence-corrected chi connectivity index (χ3v) is 2.30. The van der Waals surface area contributed by atoms with Crippen LogP contribution in [0, 0.1) is 0 Å². The molecule has 0 fully saturated rings. The van der Waals surface area contributed by atoms with E-state index in [9.17, 15) is 18.7 Å². The van der Waals surface area contributed by atoms with Gasteiger partial charge in [-0.1, -0.05) is 6.08 Å². The van der Waals surface area contributed by atoms with Crippen LogP contribution in [0.15, 0.2) is 11.6 Å². The first-order valence-electron chi connectivity index (χ1n) is 4.88. The standard InChI is InChI=1S/C10H14F2O3/c1-2-15-9(14)8(13)7-3-5-10(11,12)6-4-7/h3,8,13H,2,4-6H2,1H3. The lowest BCUT2D eigenvalue weighted by molar-refractivity contribution is -0.151. The molecule has 1 aliphatic rings. The number of esters is 1. The molecule has 3 nitrogen and oxygen atoms in total. The number of hydrogen-bond donors (Lipinski definition) is 1. The number of carbonyl (C=O) groups is 1. The summed E-state index contributed by atoms with van der Waals surface area (Å²) in [6.07, 6.45) is -0.868. The maximum Gasteiger partial charge on any atom is 0.339 e. The molecule has 0 bridgehead atoms. The second-order valence-corrected chi connectivity index (χ2v) is 3.49. The van der Waals surface area contributed by atoms with Crippen LogP contribution >= 0.6 is 0 Å². The Hall–Kier alpha value is -0.970. The number of rotatable bonds is 3. The van der Waals surface area contributed by atoms with Gasteiger partial charge in [-0.3, -0.25) is 0 Å². The van der Waals surface area contributed by atoms with Gasteiger partial charge in [0.05, 0.1) is 6.61 Å². The van der Waals surface area contributed by atoms with Crippen molar-refractivity contribution < 1.29 is 23.4 Å². The monoisotopic (exact) mass is 220 g/mol. The van der Waals surface area contributed by atoms with Crippen LogP contribution < -0.4 is 0 Å². The zero-order valence-corrected chi connectivity index (χ0v) is 8.50. The zero-order valence-electron chi connectivity index (χ0n) is 8.50. The first-order chi connectivity index (χ1) is 6.96. The van der Waals surface area contributed by atoms with Gasteiger partial charge in [-0.25, -0.2) is 13.6 Å². The van der Waals surface area contributed by atoms with Gasteiger partial charge < -0.3 is 9.84 Å². The predicted octanol–water partition coefficient (Wildman–Crippen LogP) is 1.66. The van der Waals surface area contributed by atoms with Crippen LogP contribution in [0.3, 0.4) is 0 Å². The van der Waals surface area contributed by atoms with E-state index < -0.39 is 24.4 Å². The van der Waals surface area contributed by atoms with Crippen LogP contribution in [0.4, 0.5) is 8.78 Å². The van der Waals surface area contributed by atoms with Crippen molar-refractivity contribution >= 4 is 5.97 Å². The zero-order chi connectivity index (χ0) is 11.5. The molecule has 0 heterocycles. The Kier molecular flexibility index (Phi) is 3.79. The Balaban J connectivity index is 2.58. The molecule has 0 amide bonds. The minimum atomic E-state index is -2.71. The lowest BCUT2D eigenvalue weighted by atomic mass is 9.93. The number of ether oxygens (including phenoxy) is 1. The lowest BCUT2D eigenvalue weighted by Gasteiger charge is -2.23. The number of carbonyl (C=O) groups excluding carboxylic acids is 1. The van der Waals surface area contributed by atoms with E-state index in [1.165, 1.54) is 6.08 Å². The van der Waals surface area contributed by atoms with E-state index in [-0.39, 0.29) is 19.4 Å². The quantitative estimate of drug-likeness (QED) is 0.581. The fraction of sp³-hybridized carbons (Fsp3) is 0.700. The van der Waals surface area contributed by atoms with Gasteiger partial charge in [-0.15, -0.1) is 0 Å². The van der Waals surface area contributed by atoms with Crippen molar-refractivity contribution in [2.75, 3.05) is 6.61 Å². The van der Waals surface area contributed by atoms with Gasteiger partial charge in [-0.05, 0) is 18.9 Å². The number of hydrogen-bond acceptors (Lipinski definition) is 3. The highest BCUT2D eigenvalue weighted by atomic mass is 19.3. The van der Waals surface area contributed by atoms with Crippen molar-refractivity contribution in [3.05, 3.63) is 11.6 Å². The SMILES string of the molecule is CCOC(=O)C(O)C1=CCC(F)(F)CC1. The molecule has 0 spiro atoms. The molecule has 15 heavy (non-hydrogen) atoms. The van der Waals surface area contributed by atoms with E-state index in [1.807, 2.05) is 0 Å². The van der Waals surface area contributed by atoms with Crippen molar-refractivity contribution in [2.24, 2.45) is 0 Å². The van der Waals surface area contributed by atoms with Crippen molar-refractivity contribution in [2.45, 2.75) is 38.2 Å². The molecule has 1 rings (SSSR count). The summed E-state index contributed by atoms with van der Waals surface area (Å²) in [5.74, 6) is -3.48. The maximum absolute atomic E-state index is 12.7. The van der Waals surface area contributed by atoms with E-state index in [0.29, 0.717) is 5.57 Å². The largest absolute Gasteiger partial charge is 0.464 e. The summed E-state index contributed by atoms with van der Waals surface area (Å²) in [6.45, 7) is 1.79. The van der Waals surface area contributed by atoms with Gasteiger partial charge in [0, 0.05) is 12.8 Å². The highest BCUT2D eigenvalue weighted by Gasteiger charge is 2.34. The van der Waals surface area contributed by atoms with Crippen LogP contribution in [0.1, 0.15) is 26.2 Å². The number of allylic oxidation sites excluding steroid dienone is 1. The summed E-state index contributed by atoms with van der Waals surface area (Å²) < 4.78 is 30.1. The molecule has 0 aliphatic heterocycles. The molecular formula is C10H14F2O3. The normalized spacial score (nSPS) is 21.7. The minimum absolute atomic E-state index is 0.0347. The van der Waals surface area contributed by atoms with Gasteiger partial charge in [0.1, 0.15) is 0 Å². The Morgan fingerprint density at radius 3 is 2.87 bits per heavy atom. The maximum atomic E-state index is 12.7. The average Bonchev–Trinajstić information content (AvgIpc) is 2.17. The molecule has 86 valence electrons. The van der Waals surface area contributed by atoms with E-state index >= 15 is 0 Å². The topological polar surface area (TPSA) is 46.5 Å². The first-order valence-corrected chi connectivity index (χ1v) is 4.88. The summed E-state index contributed by atoms with van der Waals surface area (Å²) in [5.41, 5.74) is 0.333. The highest BCUT2D eigenvalue weighted by Crippen LogP contribution is 2.33. The molecule has 1 N–H and O–H groups in total. The van der Waals surface area contributed by atoms with Crippen LogP contribution in [0.25, 0.3) is 0 Å². The smallest absolute Gasteiger partial charge is 0.339 e. The number of aliphatic hydroxyl groups is 1. The third-order valence-electron chi connectivity index (χ3n) is 2.30. The van der Waals surface area contributed by atoms with Gasteiger partial charge in [0.25, 0.3) is 5.92 Å². The molecule has 1 aliphatic carbocycles. The van der Waals surface area contributed by atoms with Crippen molar-refractivity contribution in [1.82, 2.24) is 0 Å². The van der Waals surface area contributed by atoms with E-state index in [0.717, 1.165) is 0 Å². The van der Waals surface area contributed by atoms with E-state index in [1.54, 1.807) is 6.92 Å². The molecule has 1 unspecified atom stereocenters. The molecular weight excluding hydrogens is 206 g/mol. The fourth-order valence-electron chi connectivity index (χ4n) is 1.43. The third kappa shape index (κ3) is 3.27. The Morgan fingerprint density at radius 1 is 1.73 bits per heavy atom. The first kappa shape index (κ1) is 12.1. The molecule has 0 aromatic heterocycles. The second-order valence-electron chi connectivity index (χ2n) is 3.49. The minimum Gasteiger partial charge on any atom is -0.464 e. The Bertz CT molecular complexity index is 274. The fourth-order valence-corrected chi connectivity index (χ4v) is 1.43. The summed E-state index contributed by atoms with van der Waals surface area (Å²) >= 11 is 0. The van der Waals surface area contributed by atoms with Crippen LogP contribution in [0.2, 0.25) is 0 Å². The molecule has 0 aromatic rings. The van der Waals surface area contributed by atoms with E-state index in [2.05, 4.69) is 4.74 Å². The lowest BCUT2D eigenvalue weighted by Crippen LogP contribution is -2.29. The molecule has 5 heteroatoms. The second kappa shape index (κ2) is 4.70.